The molecular formula is C24H33N3O5SSi. The fraction of sp³-hybridized carbons (Fsp3) is 0.500. The third-order valence-electron chi connectivity index (χ3n) is 6.30. The lowest BCUT2D eigenvalue weighted by Crippen LogP contribution is -2.46. The van der Waals surface area contributed by atoms with Crippen LogP contribution < -0.4 is 11.0 Å². The molecule has 1 N–H and O–H groups in total. The lowest BCUT2D eigenvalue weighted by atomic mass is 10.2. The molecule has 1 aliphatic heterocycles. The Morgan fingerprint density at radius 2 is 1.91 bits per heavy atom. The van der Waals surface area contributed by atoms with Crippen molar-refractivity contribution in [2.45, 2.75) is 70.7 Å². The highest BCUT2D eigenvalue weighted by Gasteiger charge is 2.45. The van der Waals surface area contributed by atoms with Crippen molar-refractivity contribution in [2.75, 3.05) is 11.1 Å². The number of nitrogens with zero attached hydrogens (tertiary/aromatic N) is 2. The average Bonchev–Trinajstić information content (AvgIpc) is 3.13. The molecule has 1 aromatic heterocycles. The van der Waals surface area contributed by atoms with Crippen molar-refractivity contribution in [3.63, 3.8) is 0 Å². The smallest absolute Gasteiger partial charge is 0.351 e. The van der Waals surface area contributed by atoms with Gasteiger partial charge in [-0.05, 0) is 36.3 Å². The zero-order chi connectivity index (χ0) is 25.1. The van der Waals surface area contributed by atoms with Crippen molar-refractivity contribution in [3.8, 4) is 0 Å². The molecule has 0 spiro atoms. The first-order valence-electron chi connectivity index (χ1n) is 11.3. The van der Waals surface area contributed by atoms with Gasteiger partial charge in [-0.1, -0.05) is 50.7 Å². The van der Waals surface area contributed by atoms with Gasteiger partial charge < -0.3 is 14.5 Å². The summed E-state index contributed by atoms with van der Waals surface area (Å²) in [5, 5.41) is 2.67. The second-order valence-electron chi connectivity index (χ2n) is 9.91. The number of thioether (sulfide) groups is 1. The monoisotopic (exact) mass is 503 g/mol. The molecule has 0 aliphatic carbocycles. The van der Waals surface area contributed by atoms with Gasteiger partial charge in [-0.2, -0.15) is 4.98 Å². The molecule has 1 aliphatic rings. The standard InChI is InChI=1S/C24H33N3O5SSi/c1-16(28)33-15-19-18(32-34(5,6)24(2,3)4)14-21(31-19)27-13-12-20(26-23(27)30)25-22(29)17-10-8-7-9-11-17/h7-13,18-19,21H,14-15H2,1-6H3,(H,25,26,29,30)/t18-,19+,21+/m0/s1. The van der Waals surface area contributed by atoms with E-state index < -0.39 is 20.2 Å². The summed E-state index contributed by atoms with van der Waals surface area (Å²) in [6, 6.07) is 10.3. The van der Waals surface area contributed by atoms with Gasteiger partial charge in [0, 0.05) is 30.9 Å². The van der Waals surface area contributed by atoms with Gasteiger partial charge in [-0.25, -0.2) is 4.79 Å². The molecule has 3 rings (SSSR count). The summed E-state index contributed by atoms with van der Waals surface area (Å²) >= 11 is 1.20. The minimum atomic E-state index is -2.10. The average molecular weight is 504 g/mol. The molecule has 184 valence electrons. The zero-order valence-electron chi connectivity index (χ0n) is 20.5. The normalized spacial score (nSPS) is 20.8. The van der Waals surface area contributed by atoms with Gasteiger partial charge in [0.05, 0.1) is 12.2 Å². The van der Waals surface area contributed by atoms with E-state index >= 15 is 0 Å². The number of anilines is 1. The molecule has 1 aromatic carbocycles. The van der Waals surface area contributed by atoms with Crippen molar-refractivity contribution in [2.24, 2.45) is 0 Å². The number of hydrogen-bond donors (Lipinski definition) is 1. The summed E-state index contributed by atoms with van der Waals surface area (Å²) in [4.78, 5) is 40.8. The Morgan fingerprint density at radius 1 is 1.24 bits per heavy atom. The van der Waals surface area contributed by atoms with Crippen molar-refractivity contribution in [1.29, 1.82) is 0 Å². The number of rotatable bonds is 7. The molecule has 0 unspecified atom stereocenters. The van der Waals surface area contributed by atoms with Gasteiger partial charge in [-0.15, -0.1) is 0 Å². The summed E-state index contributed by atoms with van der Waals surface area (Å²) in [6.45, 7) is 12.4. The topological polar surface area (TPSA) is 99.5 Å². The lowest BCUT2D eigenvalue weighted by Gasteiger charge is -2.39. The largest absolute Gasteiger partial charge is 0.411 e. The molecule has 2 aromatic rings. The predicted octanol–water partition coefficient (Wildman–Crippen LogP) is 4.45. The van der Waals surface area contributed by atoms with E-state index in [4.69, 9.17) is 9.16 Å². The van der Waals surface area contributed by atoms with Crippen LogP contribution in [0, 0.1) is 0 Å². The number of ether oxygens (including phenoxy) is 1. The maximum Gasteiger partial charge on any atom is 0.351 e. The molecule has 34 heavy (non-hydrogen) atoms. The van der Waals surface area contributed by atoms with Crippen LogP contribution in [0.2, 0.25) is 18.1 Å². The summed E-state index contributed by atoms with van der Waals surface area (Å²) in [6.07, 6.45) is 0.933. The second kappa shape index (κ2) is 10.6. The molecule has 0 radical (unpaired) electrons. The molecule has 3 atom stereocenters. The molecule has 1 amide bonds. The number of hydrogen-bond acceptors (Lipinski definition) is 7. The minimum Gasteiger partial charge on any atom is -0.411 e. The first-order chi connectivity index (χ1) is 15.9. The molecule has 0 bridgehead atoms. The highest BCUT2D eigenvalue weighted by molar-refractivity contribution is 8.13. The van der Waals surface area contributed by atoms with Gasteiger partial charge in [0.15, 0.2) is 13.4 Å². The van der Waals surface area contributed by atoms with E-state index in [0.717, 1.165) is 0 Å². The van der Waals surface area contributed by atoms with Gasteiger partial charge in [0.25, 0.3) is 5.91 Å². The van der Waals surface area contributed by atoms with Gasteiger partial charge in [0.2, 0.25) is 0 Å². The van der Waals surface area contributed by atoms with Crippen LogP contribution in [0.3, 0.4) is 0 Å². The minimum absolute atomic E-state index is 0.00970. The SMILES string of the molecule is CC(=O)SC[C@H]1O[C@@H](n2ccc(NC(=O)c3ccccc3)nc2=O)C[C@@H]1O[Si](C)(C)C(C)(C)C. The third kappa shape index (κ3) is 6.44. The molecule has 1 saturated heterocycles. The molecule has 2 heterocycles. The Morgan fingerprint density at radius 3 is 2.50 bits per heavy atom. The Labute approximate surface area is 205 Å². The van der Waals surface area contributed by atoms with Gasteiger partial charge in [0.1, 0.15) is 12.0 Å². The maximum absolute atomic E-state index is 12.8. The number of carbonyl (C=O) groups is 2. The second-order valence-corrected chi connectivity index (χ2v) is 15.9. The fourth-order valence-electron chi connectivity index (χ4n) is 3.38. The highest BCUT2D eigenvalue weighted by Crippen LogP contribution is 2.41. The number of benzene rings is 1. The van der Waals surface area contributed by atoms with Crippen LogP contribution in [-0.2, 0) is 14.0 Å². The van der Waals surface area contributed by atoms with Crippen LogP contribution in [0.5, 0.6) is 0 Å². The Kier molecular flexibility index (Phi) is 8.17. The quantitative estimate of drug-likeness (QED) is 0.557. The van der Waals surface area contributed by atoms with E-state index in [-0.39, 0.29) is 34.1 Å². The van der Waals surface area contributed by atoms with Gasteiger partial charge in [-0.3, -0.25) is 14.2 Å². The number of nitrogens with one attached hydrogen (secondary N) is 1. The van der Waals surface area contributed by atoms with E-state index in [9.17, 15) is 14.4 Å². The number of carbonyl (C=O) groups excluding carboxylic acids is 2. The molecule has 0 saturated carbocycles. The van der Waals surface area contributed by atoms with Crippen molar-refractivity contribution >= 4 is 36.9 Å². The van der Waals surface area contributed by atoms with E-state index in [1.165, 1.54) is 23.3 Å². The lowest BCUT2D eigenvalue weighted by molar-refractivity contribution is -0.109. The van der Waals surface area contributed by atoms with E-state index in [0.29, 0.717) is 17.7 Å². The van der Waals surface area contributed by atoms with Crippen LogP contribution in [0.4, 0.5) is 5.82 Å². The summed E-state index contributed by atoms with van der Waals surface area (Å²) in [7, 11) is -2.10. The van der Waals surface area contributed by atoms with Crippen molar-refractivity contribution < 1.29 is 18.8 Å². The van der Waals surface area contributed by atoms with E-state index in [1.54, 1.807) is 36.5 Å². The Hall–Kier alpha value is -2.27. The highest BCUT2D eigenvalue weighted by atomic mass is 32.2. The molecule has 1 fully saturated rings. The van der Waals surface area contributed by atoms with Crippen LogP contribution in [0.15, 0.2) is 47.4 Å². The van der Waals surface area contributed by atoms with Crippen molar-refractivity contribution in [3.05, 3.63) is 58.6 Å². The maximum atomic E-state index is 12.8. The van der Waals surface area contributed by atoms with Crippen molar-refractivity contribution in [1.82, 2.24) is 9.55 Å². The van der Waals surface area contributed by atoms with Crippen LogP contribution >= 0.6 is 11.8 Å². The Balaban J connectivity index is 1.77. The first-order valence-corrected chi connectivity index (χ1v) is 15.2. The van der Waals surface area contributed by atoms with E-state index in [1.807, 2.05) is 6.07 Å². The molecular weight excluding hydrogens is 470 g/mol. The zero-order valence-corrected chi connectivity index (χ0v) is 22.3. The van der Waals surface area contributed by atoms with Crippen LogP contribution in [0.25, 0.3) is 0 Å². The van der Waals surface area contributed by atoms with Crippen LogP contribution in [-0.4, -0.2) is 46.9 Å². The van der Waals surface area contributed by atoms with E-state index in [2.05, 4.69) is 44.2 Å². The first kappa shape index (κ1) is 26.3. The predicted molar refractivity (Wildman–Crippen MR) is 137 cm³/mol. The summed E-state index contributed by atoms with van der Waals surface area (Å²) in [5.74, 6) is 0.288. The van der Waals surface area contributed by atoms with Gasteiger partial charge >= 0.3 is 5.69 Å². The molecule has 10 heteroatoms. The molecule has 8 nitrogen and oxygen atoms in total. The Bertz CT molecular complexity index is 1080. The summed E-state index contributed by atoms with van der Waals surface area (Å²) < 4.78 is 14.2. The fourth-order valence-corrected chi connectivity index (χ4v) is 5.43. The number of amides is 1. The summed E-state index contributed by atoms with van der Waals surface area (Å²) in [5.41, 5.74) is -0.0501. The van der Waals surface area contributed by atoms with Crippen LogP contribution in [0.1, 0.15) is 50.7 Å². The number of aromatic nitrogens is 2. The third-order valence-corrected chi connectivity index (χ3v) is 11.7.